The van der Waals surface area contributed by atoms with Crippen LogP contribution in [0.5, 0.6) is 0 Å². The molecule has 2 nitrogen and oxygen atoms in total. The fraction of sp³-hybridized carbons (Fsp3) is 0.455. The van der Waals surface area contributed by atoms with Crippen LogP contribution >= 0.6 is 11.6 Å². The Bertz CT molecular complexity index is 240. The Morgan fingerprint density at radius 1 is 1.29 bits per heavy atom. The van der Waals surface area contributed by atoms with Crippen LogP contribution in [0, 0.1) is 0 Å². The van der Waals surface area contributed by atoms with Crippen LogP contribution in [0.4, 0.5) is 0 Å². The lowest BCUT2D eigenvalue weighted by molar-refractivity contribution is 0.195. The average molecular weight is 214 g/mol. The predicted molar refractivity (Wildman–Crippen MR) is 59.7 cm³/mol. The number of hydrogen-bond acceptors (Lipinski definition) is 2. The molecular formula is C11H16ClNO. The zero-order chi connectivity index (χ0) is 10.2. The van der Waals surface area contributed by atoms with Crippen LogP contribution in [0.25, 0.3) is 0 Å². The molecule has 1 atom stereocenters. The highest BCUT2D eigenvalue weighted by Crippen LogP contribution is 1.98. The van der Waals surface area contributed by atoms with Gasteiger partial charge in [-0.15, -0.1) is 11.6 Å². The van der Waals surface area contributed by atoms with Crippen LogP contribution in [-0.2, 0) is 6.42 Å². The Morgan fingerprint density at radius 3 is 2.64 bits per heavy atom. The van der Waals surface area contributed by atoms with Gasteiger partial charge in [-0.05, 0) is 18.5 Å². The van der Waals surface area contributed by atoms with Crippen LogP contribution in [-0.4, -0.2) is 30.2 Å². The number of halogens is 1. The molecular weight excluding hydrogens is 198 g/mol. The van der Waals surface area contributed by atoms with Gasteiger partial charge in [-0.25, -0.2) is 0 Å². The van der Waals surface area contributed by atoms with E-state index in [1.165, 1.54) is 5.56 Å². The fourth-order valence-electron chi connectivity index (χ4n) is 1.20. The van der Waals surface area contributed by atoms with Crippen molar-refractivity contribution in [3.05, 3.63) is 35.9 Å². The number of aliphatic hydroxyl groups is 1. The first kappa shape index (κ1) is 11.5. The van der Waals surface area contributed by atoms with E-state index in [1.54, 1.807) is 0 Å². The number of aliphatic hydroxyl groups excluding tert-OH is 1. The Kier molecular flexibility index (Phi) is 5.60. The van der Waals surface area contributed by atoms with Crippen molar-refractivity contribution in [2.75, 3.05) is 19.0 Å². The highest BCUT2D eigenvalue weighted by atomic mass is 35.5. The molecule has 0 bridgehead atoms. The number of alkyl halides is 1. The number of rotatable bonds is 6. The smallest absolute Gasteiger partial charge is 0.0799 e. The first-order valence-electron chi connectivity index (χ1n) is 4.81. The molecule has 0 unspecified atom stereocenters. The monoisotopic (exact) mass is 213 g/mol. The van der Waals surface area contributed by atoms with Gasteiger partial charge in [0.1, 0.15) is 0 Å². The maximum atomic E-state index is 9.16. The van der Waals surface area contributed by atoms with Crippen molar-refractivity contribution in [1.29, 1.82) is 0 Å². The minimum atomic E-state index is -0.438. The Hall–Kier alpha value is -0.570. The van der Waals surface area contributed by atoms with Crippen LogP contribution in [0.1, 0.15) is 5.56 Å². The quantitative estimate of drug-likeness (QED) is 0.554. The van der Waals surface area contributed by atoms with Gasteiger partial charge in [0.2, 0.25) is 0 Å². The van der Waals surface area contributed by atoms with E-state index in [9.17, 15) is 0 Å². The van der Waals surface area contributed by atoms with Crippen molar-refractivity contribution in [3.63, 3.8) is 0 Å². The standard InChI is InChI=1S/C11H16ClNO/c12-8-11(14)9-13-7-6-10-4-2-1-3-5-10/h1-5,11,13-14H,6-9H2/t11-/m1/s1. The molecule has 0 aliphatic rings. The summed E-state index contributed by atoms with van der Waals surface area (Å²) < 4.78 is 0. The molecule has 0 aliphatic carbocycles. The second-order valence-electron chi connectivity index (χ2n) is 3.25. The molecule has 0 fully saturated rings. The molecule has 14 heavy (non-hydrogen) atoms. The SMILES string of the molecule is O[C@H](CCl)CNCCc1ccccc1. The summed E-state index contributed by atoms with van der Waals surface area (Å²) in [6.07, 6.45) is 0.544. The van der Waals surface area contributed by atoms with Gasteiger partial charge >= 0.3 is 0 Å². The zero-order valence-electron chi connectivity index (χ0n) is 8.12. The van der Waals surface area contributed by atoms with Gasteiger partial charge in [0, 0.05) is 12.4 Å². The van der Waals surface area contributed by atoms with E-state index < -0.39 is 6.10 Å². The van der Waals surface area contributed by atoms with Crippen molar-refractivity contribution in [2.24, 2.45) is 0 Å². The largest absolute Gasteiger partial charge is 0.391 e. The van der Waals surface area contributed by atoms with E-state index in [1.807, 2.05) is 18.2 Å². The minimum Gasteiger partial charge on any atom is -0.391 e. The molecule has 3 heteroatoms. The normalized spacial score (nSPS) is 12.7. The molecule has 78 valence electrons. The molecule has 0 saturated carbocycles. The first-order chi connectivity index (χ1) is 6.83. The molecule has 0 aliphatic heterocycles. The summed E-state index contributed by atoms with van der Waals surface area (Å²) in [7, 11) is 0. The summed E-state index contributed by atoms with van der Waals surface area (Å²) in [5, 5.41) is 12.3. The van der Waals surface area contributed by atoms with Gasteiger partial charge in [0.15, 0.2) is 0 Å². The number of hydrogen-bond donors (Lipinski definition) is 2. The van der Waals surface area contributed by atoms with Crippen molar-refractivity contribution >= 4 is 11.6 Å². The minimum absolute atomic E-state index is 0.290. The van der Waals surface area contributed by atoms with E-state index >= 15 is 0 Å². The zero-order valence-corrected chi connectivity index (χ0v) is 8.87. The summed E-state index contributed by atoms with van der Waals surface area (Å²) in [4.78, 5) is 0. The van der Waals surface area contributed by atoms with Crippen LogP contribution < -0.4 is 5.32 Å². The lowest BCUT2D eigenvalue weighted by atomic mass is 10.1. The Morgan fingerprint density at radius 2 is 2.00 bits per heavy atom. The second kappa shape index (κ2) is 6.82. The van der Waals surface area contributed by atoms with Gasteiger partial charge < -0.3 is 10.4 Å². The third-order valence-corrected chi connectivity index (χ3v) is 2.35. The third-order valence-electron chi connectivity index (χ3n) is 1.99. The Balaban J connectivity index is 2.10. The van der Waals surface area contributed by atoms with Crippen molar-refractivity contribution < 1.29 is 5.11 Å². The molecule has 0 amide bonds. The molecule has 1 rings (SSSR count). The summed E-state index contributed by atoms with van der Waals surface area (Å²) >= 11 is 5.46. The van der Waals surface area contributed by atoms with Crippen molar-refractivity contribution in [3.8, 4) is 0 Å². The molecule has 1 aromatic rings. The van der Waals surface area contributed by atoms with Gasteiger partial charge in [0.25, 0.3) is 0 Å². The van der Waals surface area contributed by atoms with Crippen LogP contribution in [0.15, 0.2) is 30.3 Å². The number of nitrogens with one attached hydrogen (secondary N) is 1. The molecule has 0 saturated heterocycles. The summed E-state index contributed by atoms with van der Waals surface area (Å²) in [6.45, 7) is 1.44. The molecule has 0 aromatic heterocycles. The topological polar surface area (TPSA) is 32.3 Å². The van der Waals surface area contributed by atoms with Crippen LogP contribution in [0.2, 0.25) is 0 Å². The molecule has 2 N–H and O–H groups in total. The average Bonchev–Trinajstić information content (AvgIpc) is 2.25. The lowest BCUT2D eigenvalue weighted by Gasteiger charge is -2.08. The first-order valence-corrected chi connectivity index (χ1v) is 5.35. The van der Waals surface area contributed by atoms with Gasteiger partial charge in [-0.2, -0.15) is 0 Å². The van der Waals surface area contributed by atoms with Gasteiger partial charge in [-0.3, -0.25) is 0 Å². The van der Waals surface area contributed by atoms with E-state index in [-0.39, 0.29) is 0 Å². The third kappa shape index (κ3) is 4.61. The summed E-state index contributed by atoms with van der Waals surface area (Å²) in [6, 6.07) is 10.3. The highest BCUT2D eigenvalue weighted by molar-refractivity contribution is 6.18. The number of benzene rings is 1. The van der Waals surface area contributed by atoms with E-state index in [4.69, 9.17) is 16.7 Å². The second-order valence-corrected chi connectivity index (χ2v) is 3.56. The molecule has 0 heterocycles. The lowest BCUT2D eigenvalue weighted by Crippen LogP contribution is -2.29. The van der Waals surface area contributed by atoms with Gasteiger partial charge in [0.05, 0.1) is 6.10 Å². The van der Waals surface area contributed by atoms with E-state index in [0.717, 1.165) is 13.0 Å². The van der Waals surface area contributed by atoms with Crippen molar-refractivity contribution in [2.45, 2.75) is 12.5 Å². The van der Waals surface area contributed by atoms with Gasteiger partial charge in [-0.1, -0.05) is 30.3 Å². The predicted octanol–water partition coefficient (Wildman–Crippen LogP) is 1.42. The van der Waals surface area contributed by atoms with E-state index in [2.05, 4.69) is 17.4 Å². The van der Waals surface area contributed by atoms with E-state index in [0.29, 0.717) is 12.4 Å². The van der Waals surface area contributed by atoms with Crippen molar-refractivity contribution in [1.82, 2.24) is 5.32 Å². The Labute approximate surface area is 89.9 Å². The highest BCUT2D eigenvalue weighted by Gasteiger charge is 1.99. The maximum absolute atomic E-state index is 9.16. The molecule has 0 radical (unpaired) electrons. The fourth-order valence-corrected chi connectivity index (χ4v) is 1.31. The molecule has 0 spiro atoms. The summed E-state index contributed by atoms with van der Waals surface area (Å²) in [5.41, 5.74) is 1.31. The molecule has 1 aromatic carbocycles. The maximum Gasteiger partial charge on any atom is 0.0799 e. The van der Waals surface area contributed by atoms with Crippen LogP contribution in [0.3, 0.4) is 0 Å². The summed E-state index contributed by atoms with van der Waals surface area (Å²) in [5.74, 6) is 0.290.